The average Bonchev–Trinajstić information content (AvgIpc) is 2.57. The molecular formula is C21H33NO2. The molecule has 1 rings (SSSR count). The van der Waals surface area contributed by atoms with Gasteiger partial charge in [-0.25, -0.2) is 4.79 Å². The smallest absolute Gasteiger partial charge is 0.407 e. The molecule has 0 fully saturated rings. The molecule has 24 heavy (non-hydrogen) atoms. The monoisotopic (exact) mass is 331 g/mol. The number of unbranched alkanes of at least 4 members (excludes halogenated alkanes) is 5. The molecule has 1 aromatic rings. The van der Waals surface area contributed by atoms with E-state index in [0.29, 0.717) is 6.61 Å². The Kier molecular flexibility index (Phi) is 9.90. The Hall–Kier alpha value is -1.77. The second-order valence-electron chi connectivity index (χ2n) is 6.76. The summed E-state index contributed by atoms with van der Waals surface area (Å²) in [6.07, 6.45) is 10.7. The van der Waals surface area contributed by atoms with Crippen molar-refractivity contribution in [3.8, 4) is 0 Å². The van der Waals surface area contributed by atoms with E-state index in [9.17, 15) is 4.79 Å². The summed E-state index contributed by atoms with van der Waals surface area (Å²) < 4.78 is 5.35. The fourth-order valence-corrected chi connectivity index (χ4v) is 2.84. The first-order valence-electron chi connectivity index (χ1n) is 9.19. The molecule has 0 spiro atoms. The summed E-state index contributed by atoms with van der Waals surface area (Å²) in [4.78, 5) is 12.1. The summed E-state index contributed by atoms with van der Waals surface area (Å²) in [5, 5.41) is 3.03. The lowest BCUT2D eigenvalue weighted by atomic mass is 9.90. The van der Waals surface area contributed by atoms with Gasteiger partial charge < -0.3 is 10.1 Å². The largest absolute Gasteiger partial charge is 0.445 e. The SMILES string of the molecule is C=CCC(C)(CCCCCCCC)NC(=O)OCc1ccccc1. The number of ether oxygens (including phenoxy) is 1. The standard InChI is InChI=1S/C21H33NO2/c1-4-6-7-8-9-13-17-21(3,16-5-2)22-20(23)24-18-19-14-11-10-12-15-19/h5,10-12,14-15H,2,4,6-9,13,16-18H2,1,3H3,(H,22,23). The van der Waals surface area contributed by atoms with Gasteiger partial charge in [0.25, 0.3) is 0 Å². The third kappa shape index (κ3) is 8.76. The van der Waals surface area contributed by atoms with Crippen LogP contribution in [0.5, 0.6) is 0 Å². The van der Waals surface area contributed by atoms with Crippen molar-refractivity contribution in [2.45, 2.75) is 77.4 Å². The van der Waals surface area contributed by atoms with Crippen LogP contribution in [-0.4, -0.2) is 11.6 Å². The second kappa shape index (κ2) is 11.7. The molecule has 0 aliphatic carbocycles. The van der Waals surface area contributed by atoms with Crippen molar-refractivity contribution in [2.75, 3.05) is 0 Å². The number of rotatable bonds is 12. The molecule has 1 atom stereocenters. The quantitative estimate of drug-likeness (QED) is 0.377. The maximum atomic E-state index is 12.1. The Balaban J connectivity index is 2.36. The third-order valence-electron chi connectivity index (χ3n) is 4.29. The molecule has 0 radical (unpaired) electrons. The van der Waals surface area contributed by atoms with Gasteiger partial charge in [-0.3, -0.25) is 0 Å². The maximum Gasteiger partial charge on any atom is 0.407 e. The van der Waals surface area contributed by atoms with Gasteiger partial charge in [0.1, 0.15) is 6.61 Å². The number of hydrogen-bond acceptors (Lipinski definition) is 2. The normalized spacial score (nSPS) is 13.1. The van der Waals surface area contributed by atoms with Crippen molar-refractivity contribution in [1.29, 1.82) is 0 Å². The van der Waals surface area contributed by atoms with Crippen LogP contribution in [0.15, 0.2) is 43.0 Å². The Bertz CT molecular complexity index is 472. The molecule has 1 aromatic carbocycles. The molecule has 0 saturated heterocycles. The fourth-order valence-electron chi connectivity index (χ4n) is 2.84. The Morgan fingerprint density at radius 1 is 1.17 bits per heavy atom. The van der Waals surface area contributed by atoms with E-state index >= 15 is 0 Å². The number of benzene rings is 1. The van der Waals surface area contributed by atoms with E-state index in [2.05, 4.69) is 25.7 Å². The van der Waals surface area contributed by atoms with Crippen LogP contribution in [0.4, 0.5) is 4.79 Å². The topological polar surface area (TPSA) is 38.3 Å². The molecule has 0 aromatic heterocycles. The van der Waals surface area contributed by atoms with Crippen molar-refractivity contribution in [3.05, 3.63) is 48.6 Å². The van der Waals surface area contributed by atoms with Crippen LogP contribution < -0.4 is 5.32 Å². The lowest BCUT2D eigenvalue weighted by Gasteiger charge is -2.29. The lowest BCUT2D eigenvalue weighted by molar-refractivity contribution is 0.126. The molecule has 0 aliphatic rings. The number of nitrogens with one attached hydrogen (secondary N) is 1. The molecule has 3 heteroatoms. The molecule has 0 bridgehead atoms. The summed E-state index contributed by atoms with van der Waals surface area (Å²) in [6, 6.07) is 9.73. The molecular weight excluding hydrogens is 298 g/mol. The average molecular weight is 332 g/mol. The summed E-state index contributed by atoms with van der Waals surface area (Å²) in [5.41, 5.74) is 0.717. The number of hydrogen-bond donors (Lipinski definition) is 1. The maximum absolute atomic E-state index is 12.1. The van der Waals surface area contributed by atoms with Gasteiger partial charge in [-0.2, -0.15) is 0 Å². The summed E-state index contributed by atoms with van der Waals surface area (Å²) >= 11 is 0. The number of carbonyl (C=O) groups is 1. The summed E-state index contributed by atoms with van der Waals surface area (Å²) in [5.74, 6) is 0. The third-order valence-corrected chi connectivity index (χ3v) is 4.29. The van der Waals surface area contributed by atoms with Crippen molar-refractivity contribution < 1.29 is 9.53 Å². The Labute approximate surface area is 147 Å². The molecule has 0 aliphatic heterocycles. The molecule has 134 valence electrons. The minimum Gasteiger partial charge on any atom is -0.445 e. The molecule has 1 N–H and O–H groups in total. The van der Waals surface area contributed by atoms with Crippen LogP contribution in [-0.2, 0) is 11.3 Å². The number of carbonyl (C=O) groups excluding carboxylic acids is 1. The second-order valence-corrected chi connectivity index (χ2v) is 6.76. The summed E-state index contributed by atoms with van der Waals surface area (Å²) in [6.45, 7) is 8.42. The number of alkyl carbamates (subject to hydrolysis) is 1. The minimum atomic E-state index is -0.353. The van der Waals surface area contributed by atoms with Crippen LogP contribution >= 0.6 is 0 Å². The van der Waals surface area contributed by atoms with Crippen LogP contribution in [0, 0.1) is 0 Å². The van der Waals surface area contributed by atoms with E-state index in [-0.39, 0.29) is 11.6 Å². The van der Waals surface area contributed by atoms with Crippen LogP contribution in [0.25, 0.3) is 0 Å². The Morgan fingerprint density at radius 3 is 2.50 bits per heavy atom. The van der Waals surface area contributed by atoms with Gasteiger partial charge in [0.2, 0.25) is 0 Å². The first-order valence-corrected chi connectivity index (χ1v) is 9.19. The van der Waals surface area contributed by atoms with Crippen LogP contribution in [0.3, 0.4) is 0 Å². The van der Waals surface area contributed by atoms with Gasteiger partial charge in [-0.05, 0) is 25.3 Å². The Morgan fingerprint density at radius 2 is 1.83 bits per heavy atom. The highest BCUT2D eigenvalue weighted by Gasteiger charge is 2.25. The highest BCUT2D eigenvalue weighted by molar-refractivity contribution is 5.68. The zero-order chi connectivity index (χ0) is 17.7. The van der Waals surface area contributed by atoms with Gasteiger partial charge >= 0.3 is 6.09 Å². The fraction of sp³-hybridized carbons (Fsp3) is 0.571. The number of amides is 1. The van der Waals surface area contributed by atoms with Gasteiger partial charge in [0.05, 0.1) is 0 Å². The van der Waals surface area contributed by atoms with E-state index in [0.717, 1.165) is 24.8 Å². The van der Waals surface area contributed by atoms with Gasteiger partial charge in [-0.1, -0.05) is 81.9 Å². The lowest BCUT2D eigenvalue weighted by Crippen LogP contribution is -2.45. The predicted octanol–water partition coefficient (Wildman–Crippen LogP) is 6.00. The highest BCUT2D eigenvalue weighted by Crippen LogP contribution is 2.20. The van der Waals surface area contributed by atoms with Crippen molar-refractivity contribution in [2.24, 2.45) is 0 Å². The van der Waals surface area contributed by atoms with Gasteiger partial charge in [0, 0.05) is 5.54 Å². The van der Waals surface area contributed by atoms with Crippen LogP contribution in [0.1, 0.15) is 70.8 Å². The first-order chi connectivity index (χ1) is 11.6. The van der Waals surface area contributed by atoms with Crippen molar-refractivity contribution >= 4 is 6.09 Å². The van der Waals surface area contributed by atoms with Crippen molar-refractivity contribution in [3.63, 3.8) is 0 Å². The van der Waals surface area contributed by atoms with E-state index in [1.165, 1.54) is 32.1 Å². The van der Waals surface area contributed by atoms with Gasteiger partial charge in [-0.15, -0.1) is 6.58 Å². The van der Waals surface area contributed by atoms with Crippen LogP contribution in [0.2, 0.25) is 0 Å². The van der Waals surface area contributed by atoms with E-state index in [1.54, 1.807) is 0 Å². The van der Waals surface area contributed by atoms with E-state index in [1.807, 2.05) is 36.4 Å². The zero-order valence-corrected chi connectivity index (χ0v) is 15.4. The molecule has 3 nitrogen and oxygen atoms in total. The van der Waals surface area contributed by atoms with E-state index in [4.69, 9.17) is 4.74 Å². The first kappa shape index (κ1) is 20.3. The molecule has 1 amide bonds. The highest BCUT2D eigenvalue weighted by atomic mass is 16.5. The molecule has 1 unspecified atom stereocenters. The van der Waals surface area contributed by atoms with Crippen molar-refractivity contribution in [1.82, 2.24) is 5.32 Å². The summed E-state index contributed by atoms with van der Waals surface area (Å²) in [7, 11) is 0. The zero-order valence-electron chi connectivity index (χ0n) is 15.4. The van der Waals surface area contributed by atoms with E-state index < -0.39 is 0 Å². The van der Waals surface area contributed by atoms with Gasteiger partial charge in [0.15, 0.2) is 0 Å². The molecule has 0 heterocycles. The molecule has 0 saturated carbocycles. The minimum absolute atomic E-state index is 0.278. The predicted molar refractivity (Wildman–Crippen MR) is 101 cm³/mol.